The minimum atomic E-state index is 0.296. The molecule has 0 aromatic carbocycles. The van der Waals surface area contributed by atoms with E-state index < -0.39 is 0 Å². The van der Waals surface area contributed by atoms with Crippen LogP contribution in [0.3, 0.4) is 0 Å². The van der Waals surface area contributed by atoms with E-state index in [-0.39, 0.29) is 0 Å². The smallest absolute Gasteiger partial charge is 0.213 e. The number of aryl methyl sites for hydroxylation is 1. The first kappa shape index (κ1) is 13.1. The summed E-state index contributed by atoms with van der Waals surface area (Å²) >= 11 is 0. The Morgan fingerprint density at radius 3 is 2.72 bits per heavy atom. The number of rotatable bonds is 3. The van der Waals surface area contributed by atoms with Crippen LogP contribution in [0.1, 0.15) is 57.2 Å². The van der Waals surface area contributed by atoms with Crippen molar-refractivity contribution in [3.05, 3.63) is 35.0 Å². The van der Waals surface area contributed by atoms with Crippen LogP contribution in [0.2, 0.25) is 0 Å². The molecule has 1 aliphatic rings. The maximum Gasteiger partial charge on any atom is 0.213 e. The third-order valence-corrected chi connectivity index (χ3v) is 3.44. The van der Waals surface area contributed by atoms with Crippen LogP contribution >= 0.6 is 0 Å². The van der Waals surface area contributed by atoms with E-state index in [1.807, 2.05) is 6.92 Å². The summed E-state index contributed by atoms with van der Waals surface area (Å²) in [5.74, 6) is 1.31. The second-order valence-corrected chi connectivity index (χ2v) is 5.61. The van der Waals surface area contributed by atoms with Gasteiger partial charge in [-0.1, -0.05) is 25.5 Å². The van der Waals surface area contributed by atoms with Gasteiger partial charge in [0.25, 0.3) is 0 Å². The van der Waals surface area contributed by atoms with Crippen molar-refractivity contribution in [3.63, 3.8) is 0 Å². The van der Waals surface area contributed by atoms with Crippen LogP contribution in [0.25, 0.3) is 0 Å². The van der Waals surface area contributed by atoms with Gasteiger partial charge >= 0.3 is 0 Å². The largest absolute Gasteiger partial charge is 0.474 e. The summed E-state index contributed by atoms with van der Waals surface area (Å²) in [6.07, 6.45) is 5.86. The third-order valence-electron chi connectivity index (χ3n) is 3.44. The van der Waals surface area contributed by atoms with Crippen LogP contribution in [0, 0.1) is 6.92 Å². The van der Waals surface area contributed by atoms with E-state index in [4.69, 9.17) is 4.74 Å². The fourth-order valence-electron chi connectivity index (χ4n) is 2.39. The van der Waals surface area contributed by atoms with Gasteiger partial charge in [0.1, 0.15) is 6.10 Å². The third kappa shape index (κ3) is 3.34. The summed E-state index contributed by atoms with van der Waals surface area (Å²) in [5.41, 5.74) is 3.78. The molecule has 98 valence electrons. The summed E-state index contributed by atoms with van der Waals surface area (Å²) in [6, 6.07) is 4.23. The number of hydrogen-bond acceptors (Lipinski definition) is 2. The van der Waals surface area contributed by atoms with Gasteiger partial charge in [-0.15, -0.1) is 0 Å². The van der Waals surface area contributed by atoms with E-state index in [9.17, 15) is 0 Å². The molecule has 0 spiro atoms. The quantitative estimate of drug-likeness (QED) is 0.737. The van der Waals surface area contributed by atoms with Crippen molar-refractivity contribution in [1.29, 1.82) is 0 Å². The number of nitrogens with zero attached hydrogens (tertiary/aromatic N) is 1. The molecule has 0 radical (unpaired) electrons. The molecule has 0 saturated heterocycles. The number of hydrogen-bond donors (Lipinski definition) is 0. The Kier molecular flexibility index (Phi) is 4.05. The van der Waals surface area contributed by atoms with Gasteiger partial charge in [-0.05, 0) is 44.2 Å². The zero-order chi connectivity index (χ0) is 13.1. The second-order valence-electron chi connectivity index (χ2n) is 5.61. The van der Waals surface area contributed by atoms with Crippen molar-refractivity contribution in [1.82, 2.24) is 4.98 Å². The molecule has 0 aliphatic heterocycles. The van der Waals surface area contributed by atoms with Gasteiger partial charge in [-0.3, -0.25) is 0 Å². The van der Waals surface area contributed by atoms with Crippen LogP contribution in [0.4, 0.5) is 0 Å². The molecule has 1 aliphatic carbocycles. The lowest BCUT2D eigenvalue weighted by Gasteiger charge is -2.22. The van der Waals surface area contributed by atoms with Crippen LogP contribution < -0.4 is 4.74 Å². The molecule has 1 heterocycles. The average Bonchev–Trinajstić information content (AvgIpc) is 2.28. The van der Waals surface area contributed by atoms with Crippen molar-refractivity contribution in [2.45, 2.75) is 59.0 Å². The monoisotopic (exact) mass is 245 g/mol. The fourth-order valence-corrected chi connectivity index (χ4v) is 2.39. The Hall–Kier alpha value is -1.31. The molecule has 2 nitrogen and oxygen atoms in total. The molecular weight excluding hydrogens is 222 g/mol. The lowest BCUT2D eigenvalue weighted by atomic mass is 9.98. The number of allylic oxidation sites excluding steroid dienone is 1. The molecular formula is C16H23NO. The Morgan fingerprint density at radius 2 is 2.06 bits per heavy atom. The minimum absolute atomic E-state index is 0.296. The first-order valence-electron chi connectivity index (χ1n) is 6.85. The predicted molar refractivity (Wildman–Crippen MR) is 75.1 cm³/mol. The van der Waals surface area contributed by atoms with E-state index in [1.165, 1.54) is 11.1 Å². The number of aromatic nitrogens is 1. The summed E-state index contributed by atoms with van der Waals surface area (Å²) in [6.45, 7) is 8.61. The molecule has 0 unspecified atom stereocenters. The fraction of sp³-hybridized carbons (Fsp3) is 0.562. The molecule has 0 amide bonds. The molecule has 0 bridgehead atoms. The van der Waals surface area contributed by atoms with Gasteiger partial charge in [-0.25, -0.2) is 4.98 Å². The highest BCUT2D eigenvalue weighted by atomic mass is 16.5. The van der Waals surface area contributed by atoms with Crippen molar-refractivity contribution >= 4 is 0 Å². The zero-order valence-electron chi connectivity index (χ0n) is 11.9. The molecule has 2 rings (SSSR count). The average molecular weight is 245 g/mol. The first-order valence-corrected chi connectivity index (χ1v) is 6.85. The highest BCUT2D eigenvalue weighted by Crippen LogP contribution is 2.25. The van der Waals surface area contributed by atoms with E-state index in [1.54, 1.807) is 0 Å². The Labute approximate surface area is 110 Å². The van der Waals surface area contributed by atoms with E-state index in [0.29, 0.717) is 12.0 Å². The van der Waals surface area contributed by atoms with Gasteiger partial charge in [0.15, 0.2) is 0 Å². The van der Waals surface area contributed by atoms with Gasteiger partial charge < -0.3 is 4.74 Å². The second kappa shape index (κ2) is 5.55. The molecule has 1 aromatic heterocycles. The number of pyridine rings is 1. The topological polar surface area (TPSA) is 22.1 Å². The van der Waals surface area contributed by atoms with Gasteiger partial charge in [0, 0.05) is 18.2 Å². The van der Waals surface area contributed by atoms with Crippen molar-refractivity contribution < 1.29 is 4.74 Å². The molecule has 1 aromatic rings. The molecule has 0 saturated carbocycles. The normalized spacial score (nSPS) is 19.8. The van der Waals surface area contributed by atoms with E-state index >= 15 is 0 Å². The minimum Gasteiger partial charge on any atom is -0.474 e. The molecule has 2 heteroatoms. The Bertz CT molecular complexity index is 448. The first-order chi connectivity index (χ1) is 8.54. The van der Waals surface area contributed by atoms with Crippen LogP contribution in [0.5, 0.6) is 5.88 Å². The molecule has 0 N–H and O–H groups in total. The van der Waals surface area contributed by atoms with Crippen molar-refractivity contribution in [3.8, 4) is 5.88 Å². The summed E-state index contributed by atoms with van der Waals surface area (Å²) in [5, 5.41) is 0. The van der Waals surface area contributed by atoms with Crippen LogP contribution in [0.15, 0.2) is 23.8 Å². The highest BCUT2D eigenvalue weighted by molar-refractivity contribution is 5.27. The highest BCUT2D eigenvalue weighted by Gasteiger charge is 2.16. The SMILES string of the molecule is CC1=CCC[C@H](Oc2cc(C(C)C)cc(C)n2)C1. The number of ether oxygens (including phenoxy) is 1. The summed E-state index contributed by atoms with van der Waals surface area (Å²) in [7, 11) is 0. The van der Waals surface area contributed by atoms with Crippen LogP contribution in [-0.2, 0) is 0 Å². The molecule has 0 fully saturated rings. The predicted octanol–water partition coefficient (Wildman–Crippen LogP) is 4.39. The summed E-state index contributed by atoms with van der Waals surface area (Å²) < 4.78 is 6.05. The van der Waals surface area contributed by atoms with Gasteiger partial charge in [0.05, 0.1) is 0 Å². The maximum atomic E-state index is 6.05. The van der Waals surface area contributed by atoms with Crippen LogP contribution in [-0.4, -0.2) is 11.1 Å². The Balaban J connectivity index is 2.11. The van der Waals surface area contributed by atoms with E-state index in [2.05, 4.69) is 44.0 Å². The maximum absolute atomic E-state index is 6.05. The van der Waals surface area contributed by atoms with Gasteiger partial charge in [0.2, 0.25) is 5.88 Å². The van der Waals surface area contributed by atoms with E-state index in [0.717, 1.165) is 30.8 Å². The molecule has 1 atom stereocenters. The standard InChI is InChI=1S/C16H23NO/c1-11(2)14-9-13(4)17-16(10-14)18-15-7-5-6-12(3)8-15/h6,9-11,15H,5,7-8H2,1-4H3/t15-/m0/s1. The Morgan fingerprint density at radius 1 is 1.28 bits per heavy atom. The lowest BCUT2D eigenvalue weighted by Crippen LogP contribution is -2.20. The van der Waals surface area contributed by atoms with Crippen molar-refractivity contribution in [2.75, 3.05) is 0 Å². The lowest BCUT2D eigenvalue weighted by molar-refractivity contribution is 0.179. The zero-order valence-corrected chi connectivity index (χ0v) is 11.9. The molecule has 18 heavy (non-hydrogen) atoms. The summed E-state index contributed by atoms with van der Waals surface area (Å²) in [4.78, 5) is 4.49. The van der Waals surface area contributed by atoms with Crippen molar-refractivity contribution in [2.24, 2.45) is 0 Å². The van der Waals surface area contributed by atoms with Gasteiger partial charge in [-0.2, -0.15) is 0 Å².